The van der Waals surface area contributed by atoms with Crippen molar-refractivity contribution in [2.75, 3.05) is 26.2 Å². The lowest BCUT2D eigenvalue weighted by Gasteiger charge is -2.33. The summed E-state index contributed by atoms with van der Waals surface area (Å²) in [6, 6.07) is 0.508. The van der Waals surface area contributed by atoms with E-state index < -0.39 is 6.43 Å². The predicted octanol–water partition coefficient (Wildman–Crippen LogP) is 2.35. The highest BCUT2D eigenvalue weighted by molar-refractivity contribution is 4.79. The summed E-state index contributed by atoms with van der Waals surface area (Å²) >= 11 is 0. The maximum Gasteiger partial charge on any atom is 0.251 e. The van der Waals surface area contributed by atoms with E-state index in [9.17, 15) is 8.78 Å². The van der Waals surface area contributed by atoms with Gasteiger partial charge in [0.2, 0.25) is 0 Å². The normalized spacial score (nSPS) is 20.6. The Kier molecular flexibility index (Phi) is 5.12. The standard InChI is InChI=1S/C12H24F2N2/c1-12(2,3)9-15-10-4-6-16(7-5-10)8-11(13)14/h10-11,15H,4-9H2,1-3H3. The first kappa shape index (κ1) is 13.8. The topological polar surface area (TPSA) is 15.3 Å². The van der Waals surface area contributed by atoms with Crippen LogP contribution in [0.3, 0.4) is 0 Å². The smallest absolute Gasteiger partial charge is 0.251 e. The summed E-state index contributed by atoms with van der Waals surface area (Å²) in [5.41, 5.74) is 0.292. The number of nitrogens with one attached hydrogen (secondary N) is 1. The second-order valence-electron chi connectivity index (χ2n) is 5.91. The zero-order valence-electron chi connectivity index (χ0n) is 10.6. The second kappa shape index (κ2) is 5.92. The molecule has 96 valence electrons. The number of hydrogen-bond acceptors (Lipinski definition) is 2. The molecule has 4 heteroatoms. The fourth-order valence-corrected chi connectivity index (χ4v) is 1.97. The van der Waals surface area contributed by atoms with Crippen LogP contribution >= 0.6 is 0 Å². The molecule has 1 aliphatic rings. The Hall–Kier alpha value is -0.220. The quantitative estimate of drug-likeness (QED) is 0.803. The molecular formula is C12H24F2N2. The lowest BCUT2D eigenvalue weighted by molar-refractivity contribution is 0.0723. The fraction of sp³-hybridized carbons (Fsp3) is 1.00. The summed E-state index contributed by atoms with van der Waals surface area (Å²) in [5.74, 6) is 0. The Bertz CT molecular complexity index is 194. The van der Waals surface area contributed by atoms with Crippen molar-refractivity contribution in [3.05, 3.63) is 0 Å². The molecule has 0 radical (unpaired) electrons. The predicted molar refractivity (Wildman–Crippen MR) is 62.9 cm³/mol. The van der Waals surface area contributed by atoms with Crippen LogP contribution in [0.2, 0.25) is 0 Å². The van der Waals surface area contributed by atoms with E-state index in [1.165, 1.54) is 0 Å². The third-order valence-electron chi connectivity index (χ3n) is 2.90. The van der Waals surface area contributed by atoms with E-state index in [0.717, 1.165) is 32.5 Å². The molecule has 0 atom stereocenters. The summed E-state index contributed by atoms with van der Waals surface area (Å²) in [4.78, 5) is 1.86. The van der Waals surface area contributed by atoms with Crippen molar-refractivity contribution in [1.29, 1.82) is 0 Å². The van der Waals surface area contributed by atoms with E-state index in [1.807, 2.05) is 4.90 Å². The molecule has 0 aromatic carbocycles. The summed E-state index contributed by atoms with van der Waals surface area (Å²) in [6.07, 6.45) is -0.218. The molecule has 0 amide bonds. The van der Waals surface area contributed by atoms with E-state index in [2.05, 4.69) is 26.1 Å². The Morgan fingerprint density at radius 1 is 1.25 bits per heavy atom. The lowest BCUT2D eigenvalue weighted by atomic mass is 9.95. The molecule has 0 aromatic heterocycles. The molecule has 1 rings (SSSR count). The average molecular weight is 234 g/mol. The lowest BCUT2D eigenvalue weighted by Crippen LogP contribution is -2.45. The number of alkyl halides is 2. The Balaban J connectivity index is 2.17. The first-order chi connectivity index (χ1) is 7.37. The highest BCUT2D eigenvalue weighted by atomic mass is 19.3. The summed E-state index contributed by atoms with van der Waals surface area (Å²) in [6.45, 7) is 9.13. The van der Waals surface area contributed by atoms with Crippen molar-refractivity contribution in [3.8, 4) is 0 Å². The van der Waals surface area contributed by atoms with Crippen molar-refractivity contribution < 1.29 is 8.78 Å². The van der Waals surface area contributed by atoms with Gasteiger partial charge in [-0.15, -0.1) is 0 Å². The van der Waals surface area contributed by atoms with Gasteiger partial charge < -0.3 is 5.32 Å². The number of piperidine rings is 1. The summed E-state index contributed by atoms with van der Waals surface area (Å²) in [5, 5.41) is 3.52. The van der Waals surface area contributed by atoms with Crippen molar-refractivity contribution in [2.24, 2.45) is 5.41 Å². The largest absolute Gasteiger partial charge is 0.313 e. The van der Waals surface area contributed by atoms with Gasteiger partial charge in [-0.2, -0.15) is 0 Å². The van der Waals surface area contributed by atoms with Gasteiger partial charge in [-0.1, -0.05) is 20.8 Å². The van der Waals surface area contributed by atoms with E-state index in [1.54, 1.807) is 0 Å². The minimum atomic E-state index is -2.20. The van der Waals surface area contributed by atoms with Crippen molar-refractivity contribution in [3.63, 3.8) is 0 Å². The zero-order chi connectivity index (χ0) is 12.2. The average Bonchev–Trinajstić information content (AvgIpc) is 2.14. The highest BCUT2D eigenvalue weighted by Gasteiger charge is 2.22. The van der Waals surface area contributed by atoms with Gasteiger partial charge in [0.25, 0.3) is 6.43 Å². The number of likely N-dealkylation sites (tertiary alicyclic amines) is 1. The number of hydrogen-bond donors (Lipinski definition) is 1. The molecular weight excluding hydrogens is 210 g/mol. The van der Waals surface area contributed by atoms with E-state index in [0.29, 0.717) is 11.5 Å². The summed E-state index contributed by atoms with van der Waals surface area (Å²) in [7, 11) is 0. The molecule has 0 bridgehead atoms. The van der Waals surface area contributed by atoms with E-state index in [4.69, 9.17) is 0 Å². The van der Waals surface area contributed by atoms with Gasteiger partial charge in [0, 0.05) is 12.6 Å². The number of rotatable bonds is 4. The van der Waals surface area contributed by atoms with Crippen LogP contribution in [0.4, 0.5) is 8.78 Å². The number of halogens is 2. The van der Waals surface area contributed by atoms with Gasteiger partial charge >= 0.3 is 0 Å². The van der Waals surface area contributed by atoms with Crippen LogP contribution in [0.25, 0.3) is 0 Å². The van der Waals surface area contributed by atoms with Gasteiger partial charge in [-0.25, -0.2) is 8.78 Å². The Morgan fingerprint density at radius 3 is 2.25 bits per heavy atom. The maximum atomic E-state index is 12.2. The third-order valence-corrected chi connectivity index (χ3v) is 2.90. The van der Waals surface area contributed by atoms with Gasteiger partial charge in [-0.05, 0) is 31.3 Å². The molecule has 0 spiro atoms. The first-order valence-electron chi connectivity index (χ1n) is 6.11. The molecule has 0 unspecified atom stereocenters. The third kappa shape index (κ3) is 5.75. The van der Waals surface area contributed by atoms with Crippen molar-refractivity contribution in [2.45, 2.75) is 46.1 Å². The fourth-order valence-electron chi connectivity index (χ4n) is 1.97. The van der Waals surface area contributed by atoms with Gasteiger partial charge in [0.1, 0.15) is 0 Å². The Labute approximate surface area is 97.4 Å². The minimum absolute atomic E-state index is 0.0635. The molecule has 1 heterocycles. The Morgan fingerprint density at radius 2 is 1.81 bits per heavy atom. The van der Waals surface area contributed by atoms with Crippen LogP contribution in [-0.4, -0.2) is 43.5 Å². The molecule has 16 heavy (non-hydrogen) atoms. The monoisotopic (exact) mass is 234 g/mol. The van der Waals surface area contributed by atoms with Gasteiger partial charge in [0.15, 0.2) is 0 Å². The maximum absolute atomic E-state index is 12.2. The first-order valence-corrected chi connectivity index (χ1v) is 6.11. The molecule has 2 nitrogen and oxygen atoms in total. The van der Waals surface area contributed by atoms with Crippen LogP contribution in [0.15, 0.2) is 0 Å². The van der Waals surface area contributed by atoms with Crippen LogP contribution in [-0.2, 0) is 0 Å². The van der Waals surface area contributed by atoms with Crippen LogP contribution in [0, 0.1) is 5.41 Å². The van der Waals surface area contributed by atoms with E-state index in [-0.39, 0.29) is 6.54 Å². The van der Waals surface area contributed by atoms with Crippen LogP contribution < -0.4 is 5.32 Å². The molecule has 0 aromatic rings. The zero-order valence-corrected chi connectivity index (χ0v) is 10.6. The molecule has 0 saturated carbocycles. The molecule has 1 fully saturated rings. The van der Waals surface area contributed by atoms with E-state index >= 15 is 0 Å². The molecule has 1 N–H and O–H groups in total. The minimum Gasteiger partial charge on any atom is -0.313 e. The molecule has 0 aliphatic carbocycles. The van der Waals surface area contributed by atoms with Gasteiger partial charge in [-0.3, -0.25) is 4.90 Å². The number of nitrogens with zero attached hydrogens (tertiary/aromatic N) is 1. The molecule has 1 aliphatic heterocycles. The summed E-state index contributed by atoms with van der Waals surface area (Å²) < 4.78 is 24.3. The second-order valence-corrected chi connectivity index (χ2v) is 5.91. The van der Waals surface area contributed by atoms with Crippen LogP contribution in [0.1, 0.15) is 33.6 Å². The SMILES string of the molecule is CC(C)(C)CNC1CCN(CC(F)F)CC1. The van der Waals surface area contributed by atoms with Crippen molar-refractivity contribution >= 4 is 0 Å². The van der Waals surface area contributed by atoms with Crippen LogP contribution in [0.5, 0.6) is 0 Å². The van der Waals surface area contributed by atoms with Crippen molar-refractivity contribution in [1.82, 2.24) is 10.2 Å². The van der Waals surface area contributed by atoms with Gasteiger partial charge in [0.05, 0.1) is 6.54 Å². The highest BCUT2D eigenvalue weighted by Crippen LogP contribution is 2.15. The molecule has 1 saturated heterocycles.